The van der Waals surface area contributed by atoms with Gasteiger partial charge in [0.2, 0.25) is 0 Å². The molecule has 0 unspecified atom stereocenters. The molecule has 1 atom stereocenters. The van der Waals surface area contributed by atoms with Gasteiger partial charge in [-0.15, -0.1) is 0 Å². The molecule has 4 nitrogen and oxygen atoms in total. The van der Waals surface area contributed by atoms with Crippen LogP contribution < -0.4 is 5.32 Å². The Hall–Kier alpha value is -3.37. The number of halogens is 1. The first-order valence-corrected chi connectivity index (χ1v) is 9.98. The molecule has 4 rings (SSSR count). The van der Waals surface area contributed by atoms with Crippen molar-refractivity contribution in [2.45, 2.75) is 12.5 Å². The van der Waals surface area contributed by atoms with E-state index in [4.69, 9.17) is 16.3 Å². The molecule has 5 heteroatoms. The standard InChI is InChI=1S/C25H20ClNO3/c1-30-25(29)22(14-16-10-12-19(26)13-11-16)27-24(28)23-20-8-4-2-6-17(20)15-18-7-3-5-9-21(18)23/h2-13,15,22H,14H2,1H3,(H,27,28)/t22-/m1/s1. The van der Waals surface area contributed by atoms with Crippen molar-refractivity contribution < 1.29 is 14.3 Å². The van der Waals surface area contributed by atoms with E-state index in [0.717, 1.165) is 27.1 Å². The molecule has 0 saturated heterocycles. The number of nitrogens with one attached hydrogen (secondary N) is 1. The molecule has 0 radical (unpaired) electrons. The summed E-state index contributed by atoms with van der Waals surface area (Å²) in [6.45, 7) is 0. The Bertz CT molecular complexity index is 1180. The van der Waals surface area contributed by atoms with Crippen LogP contribution in [0.4, 0.5) is 0 Å². The second-order valence-corrected chi connectivity index (χ2v) is 7.51. The Morgan fingerprint density at radius 2 is 1.47 bits per heavy atom. The van der Waals surface area contributed by atoms with E-state index in [1.807, 2.05) is 60.7 Å². The molecule has 4 aromatic rings. The van der Waals surface area contributed by atoms with E-state index in [9.17, 15) is 9.59 Å². The largest absolute Gasteiger partial charge is 0.467 e. The predicted octanol–water partition coefficient (Wildman–Crippen LogP) is 5.16. The van der Waals surface area contributed by atoms with Crippen LogP contribution in [0.2, 0.25) is 5.02 Å². The Labute approximate surface area is 179 Å². The molecule has 0 aliphatic rings. The van der Waals surface area contributed by atoms with Gasteiger partial charge in [0.25, 0.3) is 5.91 Å². The lowest BCUT2D eigenvalue weighted by Crippen LogP contribution is -2.43. The molecular formula is C25H20ClNO3. The summed E-state index contributed by atoms with van der Waals surface area (Å²) >= 11 is 5.95. The molecule has 150 valence electrons. The molecular weight excluding hydrogens is 398 g/mol. The highest BCUT2D eigenvalue weighted by Gasteiger charge is 2.24. The fraction of sp³-hybridized carbons (Fsp3) is 0.120. The fourth-order valence-corrected chi connectivity index (χ4v) is 3.81. The summed E-state index contributed by atoms with van der Waals surface area (Å²) in [7, 11) is 1.32. The van der Waals surface area contributed by atoms with Crippen molar-refractivity contribution in [3.05, 3.63) is 95.0 Å². The molecule has 1 amide bonds. The van der Waals surface area contributed by atoms with Crippen molar-refractivity contribution in [1.82, 2.24) is 5.32 Å². The number of benzene rings is 4. The summed E-state index contributed by atoms with van der Waals surface area (Å²) in [6, 6.07) is 23.9. The average Bonchev–Trinajstić information content (AvgIpc) is 2.77. The van der Waals surface area contributed by atoms with E-state index in [-0.39, 0.29) is 5.91 Å². The van der Waals surface area contributed by atoms with Gasteiger partial charge in [0.15, 0.2) is 0 Å². The Morgan fingerprint density at radius 3 is 2.03 bits per heavy atom. The summed E-state index contributed by atoms with van der Waals surface area (Å²) in [4.78, 5) is 25.8. The molecule has 0 bridgehead atoms. The number of hydrogen-bond donors (Lipinski definition) is 1. The van der Waals surface area contributed by atoms with Crippen molar-refractivity contribution in [3.8, 4) is 0 Å². The summed E-state index contributed by atoms with van der Waals surface area (Å²) in [5.74, 6) is -0.810. The smallest absolute Gasteiger partial charge is 0.328 e. The molecule has 0 aromatic heterocycles. The van der Waals surface area contributed by atoms with E-state index in [0.29, 0.717) is 17.0 Å². The number of fused-ring (bicyclic) bond motifs is 2. The number of methoxy groups -OCH3 is 1. The first-order chi connectivity index (χ1) is 14.6. The topological polar surface area (TPSA) is 55.4 Å². The van der Waals surface area contributed by atoms with Crippen LogP contribution in [0.25, 0.3) is 21.5 Å². The average molecular weight is 418 g/mol. The first kappa shape index (κ1) is 19.9. The third-order valence-electron chi connectivity index (χ3n) is 5.14. The van der Waals surface area contributed by atoms with E-state index in [1.165, 1.54) is 7.11 Å². The van der Waals surface area contributed by atoms with Crippen LogP contribution in [0, 0.1) is 0 Å². The number of amides is 1. The van der Waals surface area contributed by atoms with Gasteiger partial charge in [-0.1, -0.05) is 72.3 Å². The summed E-state index contributed by atoms with van der Waals surface area (Å²) in [6.07, 6.45) is 0.304. The van der Waals surface area contributed by atoms with Gasteiger partial charge < -0.3 is 10.1 Å². The van der Waals surface area contributed by atoms with E-state index in [1.54, 1.807) is 12.1 Å². The summed E-state index contributed by atoms with van der Waals surface area (Å²) in [5.41, 5.74) is 1.42. The van der Waals surface area contributed by atoms with Gasteiger partial charge in [0.05, 0.1) is 12.7 Å². The fourth-order valence-electron chi connectivity index (χ4n) is 3.68. The maximum atomic E-state index is 13.4. The third kappa shape index (κ3) is 4.00. The first-order valence-electron chi connectivity index (χ1n) is 9.60. The second kappa shape index (κ2) is 8.56. The highest BCUT2D eigenvalue weighted by atomic mass is 35.5. The highest BCUT2D eigenvalue weighted by molar-refractivity contribution is 6.30. The lowest BCUT2D eigenvalue weighted by molar-refractivity contribution is -0.142. The van der Waals surface area contributed by atoms with Crippen LogP contribution >= 0.6 is 11.6 Å². The summed E-state index contributed by atoms with van der Waals surface area (Å²) in [5, 5.41) is 7.10. The zero-order valence-electron chi connectivity index (χ0n) is 16.4. The number of carbonyl (C=O) groups is 2. The molecule has 0 saturated carbocycles. The number of rotatable bonds is 5. The van der Waals surface area contributed by atoms with Crippen LogP contribution in [0.5, 0.6) is 0 Å². The Balaban J connectivity index is 1.74. The van der Waals surface area contributed by atoms with Crippen molar-refractivity contribution >= 4 is 45.0 Å². The number of ether oxygens (including phenoxy) is 1. The maximum absolute atomic E-state index is 13.4. The Morgan fingerprint density at radius 1 is 0.900 bits per heavy atom. The zero-order valence-corrected chi connectivity index (χ0v) is 17.1. The minimum atomic E-state index is -0.818. The Kier molecular flexibility index (Phi) is 5.68. The number of hydrogen-bond acceptors (Lipinski definition) is 3. The van der Waals surface area contributed by atoms with Gasteiger partial charge >= 0.3 is 5.97 Å². The molecule has 30 heavy (non-hydrogen) atoms. The quantitative estimate of drug-likeness (QED) is 0.360. The van der Waals surface area contributed by atoms with Crippen molar-refractivity contribution in [3.63, 3.8) is 0 Å². The van der Waals surface area contributed by atoms with Gasteiger partial charge in [-0.25, -0.2) is 4.79 Å². The van der Waals surface area contributed by atoms with Gasteiger partial charge in [-0.2, -0.15) is 0 Å². The minimum absolute atomic E-state index is 0.304. The molecule has 0 aliphatic heterocycles. The van der Waals surface area contributed by atoms with Crippen LogP contribution in [0.15, 0.2) is 78.9 Å². The molecule has 0 spiro atoms. The van der Waals surface area contributed by atoms with Crippen LogP contribution in [-0.4, -0.2) is 25.0 Å². The lowest BCUT2D eigenvalue weighted by Gasteiger charge is -2.18. The van der Waals surface area contributed by atoms with E-state index < -0.39 is 12.0 Å². The van der Waals surface area contributed by atoms with Gasteiger partial charge in [-0.3, -0.25) is 4.79 Å². The molecule has 1 N–H and O–H groups in total. The molecule has 0 aliphatic carbocycles. The van der Waals surface area contributed by atoms with Crippen LogP contribution in [0.1, 0.15) is 15.9 Å². The lowest BCUT2D eigenvalue weighted by atomic mass is 9.96. The highest BCUT2D eigenvalue weighted by Crippen LogP contribution is 2.28. The monoisotopic (exact) mass is 417 g/mol. The predicted molar refractivity (Wildman–Crippen MR) is 120 cm³/mol. The number of carbonyl (C=O) groups excluding carboxylic acids is 2. The van der Waals surface area contributed by atoms with Gasteiger partial charge in [0, 0.05) is 11.4 Å². The molecule has 0 heterocycles. The van der Waals surface area contributed by atoms with Gasteiger partial charge in [0.1, 0.15) is 6.04 Å². The molecule has 4 aromatic carbocycles. The van der Waals surface area contributed by atoms with Gasteiger partial charge in [-0.05, 0) is 45.3 Å². The minimum Gasteiger partial charge on any atom is -0.467 e. The maximum Gasteiger partial charge on any atom is 0.328 e. The van der Waals surface area contributed by atoms with Crippen molar-refractivity contribution in [2.75, 3.05) is 7.11 Å². The zero-order chi connectivity index (χ0) is 21.1. The van der Waals surface area contributed by atoms with Crippen molar-refractivity contribution in [2.24, 2.45) is 0 Å². The summed E-state index contributed by atoms with van der Waals surface area (Å²) < 4.78 is 4.94. The normalized spacial score (nSPS) is 11.9. The van der Waals surface area contributed by atoms with Crippen LogP contribution in [0.3, 0.4) is 0 Å². The SMILES string of the molecule is COC(=O)[C@@H](Cc1ccc(Cl)cc1)NC(=O)c1c2ccccc2cc2ccccc12. The second-order valence-electron chi connectivity index (χ2n) is 7.07. The van der Waals surface area contributed by atoms with E-state index >= 15 is 0 Å². The number of esters is 1. The van der Waals surface area contributed by atoms with Crippen LogP contribution in [-0.2, 0) is 16.0 Å². The van der Waals surface area contributed by atoms with Crippen molar-refractivity contribution in [1.29, 1.82) is 0 Å². The molecule has 0 fully saturated rings. The third-order valence-corrected chi connectivity index (χ3v) is 5.39. The van der Waals surface area contributed by atoms with E-state index in [2.05, 4.69) is 11.4 Å².